The van der Waals surface area contributed by atoms with Gasteiger partial charge in [-0.3, -0.25) is 0 Å². The summed E-state index contributed by atoms with van der Waals surface area (Å²) < 4.78 is 5.97. The van der Waals surface area contributed by atoms with E-state index in [2.05, 4.69) is 5.32 Å². The van der Waals surface area contributed by atoms with Crippen LogP contribution in [0.5, 0.6) is 0 Å². The maximum absolute atomic E-state index is 9.59. The third-order valence-corrected chi connectivity index (χ3v) is 6.15. The van der Waals surface area contributed by atoms with Crippen molar-refractivity contribution in [3.63, 3.8) is 0 Å². The van der Waals surface area contributed by atoms with E-state index in [0.717, 1.165) is 44.2 Å². The molecule has 1 aliphatic heterocycles. The number of fused-ring (bicyclic) bond motifs is 2. The van der Waals surface area contributed by atoms with Gasteiger partial charge in [-0.05, 0) is 44.9 Å². The van der Waals surface area contributed by atoms with Crippen LogP contribution in [-0.2, 0) is 4.74 Å². The molecule has 3 atom stereocenters. The van der Waals surface area contributed by atoms with Crippen LogP contribution < -0.4 is 5.32 Å². The smallest absolute Gasteiger partial charge is 0.0690 e. The van der Waals surface area contributed by atoms with Crippen molar-refractivity contribution in [3.05, 3.63) is 0 Å². The lowest BCUT2D eigenvalue weighted by Gasteiger charge is -2.64. The first-order chi connectivity index (χ1) is 8.79. The molecule has 2 N–H and O–H groups in total. The van der Waals surface area contributed by atoms with E-state index < -0.39 is 0 Å². The van der Waals surface area contributed by atoms with Gasteiger partial charge in [-0.2, -0.15) is 0 Å². The predicted molar refractivity (Wildman–Crippen MR) is 69.3 cm³/mol. The zero-order valence-electron chi connectivity index (χ0n) is 11.1. The van der Waals surface area contributed by atoms with Crippen LogP contribution in [0.3, 0.4) is 0 Å². The van der Waals surface area contributed by atoms with Crippen LogP contribution in [0.1, 0.15) is 51.4 Å². The van der Waals surface area contributed by atoms with E-state index in [4.69, 9.17) is 4.74 Å². The van der Waals surface area contributed by atoms with E-state index in [-0.39, 0.29) is 6.10 Å². The van der Waals surface area contributed by atoms with Gasteiger partial charge >= 0.3 is 0 Å². The Morgan fingerprint density at radius 2 is 1.83 bits per heavy atom. The second kappa shape index (κ2) is 4.19. The molecule has 18 heavy (non-hydrogen) atoms. The molecule has 1 saturated heterocycles. The molecule has 1 spiro atoms. The molecule has 0 aromatic heterocycles. The summed E-state index contributed by atoms with van der Waals surface area (Å²) >= 11 is 0. The average Bonchev–Trinajstić information content (AvgIpc) is 2.72. The van der Waals surface area contributed by atoms with Gasteiger partial charge in [-0.15, -0.1) is 0 Å². The number of hydrogen-bond donors (Lipinski definition) is 2. The highest BCUT2D eigenvalue weighted by Gasteiger charge is 2.66. The molecule has 4 rings (SSSR count). The Balaban J connectivity index is 1.41. The van der Waals surface area contributed by atoms with E-state index in [1.54, 1.807) is 0 Å². The molecular weight excluding hydrogens is 226 g/mol. The van der Waals surface area contributed by atoms with Gasteiger partial charge in [-0.25, -0.2) is 0 Å². The lowest BCUT2D eigenvalue weighted by Crippen LogP contribution is -2.72. The normalized spacial score (nSPS) is 49.5. The summed E-state index contributed by atoms with van der Waals surface area (Å²) in [5, 5.41) is 13.5. The van der Waals surface area contributed by atoms with Gasteiger partial charge in [0.2, 0.25) is 0 Å². The zero-order chi connectivity index (χ0) is 12.2. The number of hydrogen-bond acceptors (Lipinski definition) is 3. The molecule has 3 aliphatic carbocycles. The third-order valence-electron chi connectivity index (χ3n) is 6.15. The van der Waals surface area contributed by atoms with Gasteiger partial charge in [0.1, 0.15) is 0 Å². The molecule has 4 aliphatic rings. The molecule has 3 nitrogen and oxygen atoms in total. The molecule has 0 aromatic carbocycles. The van der Waals surface area contributed by atoms with Crippen LogP contribution >= 0.6 is 0 Å². The first-order valence-corrected chi connectivity index (χ1v) is 7.85. The minimum Gasteiger partial charge on any atom is -0.393 e. The van der Waals surface area contributed by atoms with Crippen molar-refractivity contribution < 1.29 is 9.84 Å². The number of aliphatic hydroxyl groups excluding tert-OH is 1. The van der Waals surface area contributed by atoms with Crippen molar-refractivity contribution in [1.29, 1.82) is 0 Å². The summed E-state index contributed by atoms with van der Waals surface area (Å²) in [4.78, 5) is 0. The Morgan fingerprint density at radius 3 is 2.50 bits per heavy atom. The molecule has 3 saturated carbocycles. The highest BCUT2D eigenvalue weighted by atomic mass is 16.5. The molecule has 3 heteroatoms. The zero-order valence-corrected chi connectivity index (χ0v) is 11.1. The minimum absolute atomic E-state index is 0.0373. The highest BCUT2D eigenvalue weighted by molar-refractivity contribution is 5.18. The van der Waals surface area contributed by atoms with Crippen molar-refractivity contribution in [1.82, 2.24) is 5.32 Å². The standard InChI is InChI=1S/C15H25NO2/c17-11-4-2-10(3-5-11)16-13-12-6-9-18-14(12)15(13)7-1-8-15/h10-14,16-17H,1-9H2. The Kier molecular flexibility index (Phi) is 2.72. The summed E-state index contributed by atoms with van der Waals surface area (Å²) in [7, 11) is 0. The number of aliphatic hydroxyl groups is 1. The van der Waals surface area contributed by atoms with Gasteiger partial charge in [-0.1, -0.05) is 6.42 Å². The Labute approximate surface area is 109 Å². The second-order valence-corrected chi connectivity index (χ2v) is 6.98. The first kappa shape index (κ1) is 11.7. The molecule has 0 radical (unpaired) electrons. The molecular formula is C15H25NO2. The SMILES string of the molecule is OC1CCC(NC2C3CCOC3C23CCC3)CC1. The first-order valence-electron chi connectivity index (χ1n) is 7.85. The molecule has 0 bridgehead atoms. The summed E-state index contributed by atoms with van der Waals surface area (Å²) in [5.74, 6) is 0.789. The van der Waals surface area contributed by atoms with Gasteiger partial charge < -0.3 is 15.2 Å². The van der Waals surface area contributed by atoms with E-state index in [0.29, 0.717) is 17.6 Å². The fourth-order valence-electron chi connectivity index (χ4n) is 4.99. The number of nitrogens with one attached hydrogen (secondary N) is 1. The van der Waals surface area contributed by atoms with Crippen LogP contribution in [0.4, 0.5) is 0 Å². The van der Waals surface area contributed by atoms with Crippen molar-refractivity contribution in [2.75, 3.05) is 6.61 Å². The molecule has 0 amide bonds. The van der Waals surface area contributed by atoms with Crippen molar-refractivity contribution in [2.24, 2.45) is 11.3 Å². The van der Waals surface area contributed by atoms with Crippen LogP contribution in [0.25, 0.3) is 0 Å². The minimum atomic E-state index is -0.0373. The number of ether oxygens (including phenoxy) is 1. The summed E-state index contributed by atoms with van der Waals surface area (Å²) in [6.45, 7) is 0.985. The quantitative estimate of drug-likeness (QED) is 0.787. The highest BCUT2D eigenvalue weighted by Crippen LogP contribution is 2.63. The molecule has 4 fully saturated rings. The van der Waals surface area contributed by atoms with Gasteiger partial charge in [0.15, 0.2) is 0 Å². The summed E-state index contributed by atoms with van der Waals surface area (Å²) in [6, 6.07) is 1.37. The molecule has 102 valence electrons. The van der Waals surface area contributed by atoms with Crippen LogP contribution in [0, 0.1) is 11.3 Å². The average molecular weight is 251 g/mol. The topological polar surface area (TPSA) is 41.5 Å². The fourth-order valence-corrected chi connectivity index (χ4v) is 4.99. The molecule has 0 aromatic rings. The van der Waals surface area contributed by atoms with E-state index in [9.17, 15) is 5.11 Å². The predicted octanol–water partition coefficient (Wildman–Crippen LogP) is 1.84. The van der Waals surface area contributed by atoms with E-state index >= 15 is 0 Å². The molecule has 3 unspecified atom stereocenters. The van der Waals surface area contributed by atoms with Crippen molar-refractivity contribution in [3.8, 4) is 0 Å². The van der Waals surface area contributed by atoms with Gasteiger partial charge in [0.25, 0.3) is 0 Å². The van der Waals surface area contributed by atoms with Crippen molar-refractivity contribution in [2.45, 2.75) is 75.7 Å². The lowest BCUT2D eigenvalue weighted by molar-refractivity contribution is -0.179. The Bertz CT molecular complexity index is 320. The maximum atomic E-state index is 9.59. The molecule has 1 heterocycles. The largest absolute Gasteiger partial charge is 0.393 e. The van der Waals surface area contributed by atoms with Gasteiger partial charge in [0, 0.05) is 30.0 Å². The maximum Gasteiger partial charge on any atom is 0.0690 e. The third kappa shape index (κ3) is 1.53. The van der Waals surface area contributed by atoms with Gasteiger partial charge in [0.05, 0.1) is 12.2 Å². The van der Waals surface area contributed by atoms with Crippen LogP contribution in [-0.4, -0.2) is 36.0 Å². The lowest BCUT2D eigenvalue weighted by atomic mass is 9.46. The van der Waals surface area contributed by atoms with Crippen molar-refractivity contribution >= 4 is 0 Å². The Morgan fingerprint density at radius 1 is 1.06 bits per heavy atom. The summed E-state index contributed by atoms with van der Waals surface area (Å²) in [5.41, 5.74) is 0.511. The summed E-state index contributed by atoms with van der Waals surface area (Å²) in [6.07, 6.45) is 10.3. The van der Waals surface area contributed by atoms with E-state index in [1.165, 1.54) is 25.7 Å². The van der Waals surface area contributed by atoms with E-state index in [1.807, 2.05) is 0 Å². The Hall–Kier alpha value is -0.120. The monoisotopic (exact) mass is 251 g/mol. The fraction of sp³-hybridized carbons (Fsp3) is 1.00. The van der Waals surface area contributed by atoms with Crippen LogP contribution in [0.15, 0.2) is 0 Å². The van der Waals surface area contributed by atoms with Crippen LogP contribution in [0.2, 0.25) is 0 Å². The number of rotatable bonds is 2. The second-order valence-electron chi connectivity index (χ2n) is 6.98.